The van der Waals surface area contributed by atoms with Crippen LogP contribution in [0.4, 0.5) is 4.39 Å². The standard InChI is InChI=1S/C14H20FN/c1-10-3-4-13(15)9-14(10)11(2)12-5-7-16-8-6-12/h3-4,9,11-12,16H,5-8H2,1-2H3. The molecular weight excluding hydrogens is 201 g/mol. The number of benzene rings is 1. The van der Waals surface area contributed by atoms with Crippen LogP contribution in [-0.2, 0) is 0 Å². The van der Waals surface area contributed by atoms with Crippen molar-refractivity contribution in [3.8, 4) is 0 Å². The van der Waals surface area contributed by atoms with Gasteiger partial charge < -0.3 is 5.32 Å². The Labute approximate surface area is 97.1 Å². The first-order chi connectivity index (χ1) is 7.68. The van der Waals surface area contributed by atoms with Gasteiger partial charge in [0.2, 0.25) is 0 Å². The molecule has 0 saturated carbocycles. The van der Waals surface area contributed by atoms with Crippen molar-refractivity contribution < 1.29 is 4.39 Å². The van der Waals surface area contributed by atoms with E-state index in [0.717, 1.165) is 13.1 Å². The summed E-state index contributed by atoms with van der Waals surface area (Å²) in [5.41, 5.74) is 2.40. The maximum Gasteiger partial charge on any atom is 0.123 e. The summed E-state index contributed by atoms with van der Waals surface area (Å²) in [5.74, 6) is 1.06. The molecule has 1 N–H and O–H groups in total. The summed E-state index contributed by atoms with van der Waals surface area (Å²) in [6.07, 6.45) is 2.41. The molecule has 2 heteroatoms. The SMILES string of the molecule is Cc1ccc(F)cc1C(C)C1CCNCC1. The third kappa shape index (κ3) is 2.43. The van der Waals surface area contributed by atoms with Gasteiger partial charge in [0.1, 0.15) is 5.82 Å². The molecule has 1 aromatic carbocycles. The van der Waals surface area contributed by atoms with E-state index in [0.29, 0.717) is 11.8 Å². The Morgan fingerprint density at radius 2 is 2.00 bits per heavy atom. The Balaban J connectivity index is 2.18. The van der Waals surface area contributed by atoms with Crippen LogP contribution in [0.2, 0.25) is 0 Å². The van der Waals surface area contributed by atoms with Crippen molar-refractivity contribution in [1.29, 1.82) is 0 Å². The number of hydrogen-bond acceptors (Lipinski definition) is 1. The van der Waals surface area contributed by atoms with Gasteiger partial charge in [0.05, 0.1) is 0 Å². The summed E-state index contributed by atoms with van der Waals surface area (Å²) in [4.78, 5) is 0. The Morgan fingerprint density at radius 1 is 1.31 bits per heavy atom. The molecule has 1 aliphatic heterocycles. The number of rotatable bonds is 2. The van der Waals surface area contributed by atoms with Crippen molar-refractivity contribution in [3.05, 3.63) is 35.1 Å². The summed E-state index contributed by atoms with van der Waals surface area (Å²) in [7, 11) is 0. The molecule has 0 amide bonds. The van der Waals surface area contributed by atoms with E-state index in [4.69, 9.17) is 0 Å². The molecule has 1 aromatic rings. The smallest absolute Gasteiger partial charge is 0.123 e. The molecule has 0 spiro atoms. The van der Waals surface area contributed by atoms with Crippen molar-refractivity contribution in [2.24, 2.45) is 5.92 Å². The van der Waals surface area contributed by atoms with E-state index in [1.165, 1.54) is 24.0 Å². The minimum atomic E-state index is -0.110. The Kier molecular flexibility index (Phi) is 3.59. The van der Waals surface area contributed by atoms with Crippen LogP contribution in [-0.4, -0.2) is 13.1 Å². The van der Waals surface area contributed by atoms with Gasteiger partial charge in [-0.3, -0.25) is 0 Å². The van der Waals surface area contributed by atoms with Gasteiger partial charge >= 0.3 is 0 Å². The van der Waals surface area contributed by atoms with E-state index in [2.05, 4.69) is 19.2 Å². The first kappa shape index (κ1) is 11.6. The molecule has 2 rings (SSSR count). The van der Waals surface area contributed by atoms with Crippen molar-refractivity contribution in [3.63, 3.8) is 0 Å². The van der Waals surface area contributed by atoms with E-state index in [1.807, 2.05) is 6.07 Å². The lowest BCUT2D eigenvalue weighted by Gasteiger charge is -2.29. The highest BCUT2D eigenvalue weighted by molar-refractivity contribution is 5.30. The Morgan fingerprint density at radius 3 is 2.69 bits per heavy atom. The molecular formula is C14H20FN. The molecule has 0 bridgehead atoms. The van der Waals surface area contributed by atoms with Gasteiger partial charge in [0.15, 0.2) is 0 Å². The third-order valence-electron chi connectivity index (χ3n) is 3.82. The van der Waals surface area contributed by atoms with Crippen molar-refractivity contribution in [1.82, 2.24) is 5.32 Å². The average molecular weight is 221 g/mol. The van der Waals surface area contributed by atoms with Crippen molar-refractivity contribution in [2.45, 2.75) is 32.6 Å². The molecule has 0 radical (unpaired) electrons. The molecule has 1 saturated heterocycles. The molecule has 1 aliphatic rings. The molecule has 1 nitrogen and oxygen atoms in total. The fraction of sp³-hybridized carbons (Fsp3) is 0.571. The van der Waals surface area contributed by atoms with E-state index in [-0.39, 0.29) is 5.82 Å². The van der Waals surface area contributed by atoms with E-state index in [9.17, 15) is 4.39 Å². The highest BCUT2D eigenvalue weighted by Gasteiger charge is 2.22. The van der Waals surface area contributed by atoms with E-state index >= 15 is 0 Å². The molecule has 1 heterocycles. The molecule has 1 fully saturated rings. The fourth-order valence-electron chi connectivity index (χ4n) is 2.70. The van der Waals surface area contributed by atoms with Crippen LogP contribution in [0.1, 0.15) is 36.8 Å². The maximum absolute atomic E-state index is 13.3. The first-order valence-corrected chi connectivity index (χ1v) is 6.15. The predicted molar refractivity (Wildman–Crippen MR) is 65.1 cm³/mol. The number of aryl methyl sites for hydroxylation is 1. The summed E-state index contributed by atoms with van der Waals surface area (Å²) in [6, 6.07) is 5.15. The van der Waals surface area contributed by atoms with E-state index in [1.54, 1.807) is 12.1 Å². The molecule has 16 heavy (non-hydrogen) atoms. The molecule has 1 atom stereocenters. The van der Waals surface area contributed by atoms with Crippen LogP contribution in [0.15, 0.2) is 18.2 Å². The number of nitrogens with one attached hydrogen (secondary N) is 1. The number of piperidine rings is 1. The first-order valence-electron chi connectivity index (χ1n) is 6.15. The predicted octanol–water partition coefficient (Wildman–Crippen LogP) is 3.24. The van der Waals surface area contributed by atoms with Crippen LogP contribution >= 0.6 is 0 Å². The van der Waals surface area contributed by atoms with Crippen LogP contribution < -0.4 is 5.32 Å². The summed E-state index contributed by atoms with van der Waals surface area (Å²) in [5, 5.41) is 3.37. The van der Waals surface area contributed by atoms with Crippen LogP contribution in [0.3, 0.4) is 0 Å². The van der Waals surface area contributed by atoms with Gasteiger partial charge in [0, 0.05) is 0 Å². The highest BCUT2D eigenvalue weighted by Crippen LogP contribution is 2.32. The lowest BCUT2D eigenvalue weighted by atomic mass is 9.80. The van der Waals surface area contributed by atoms with Crippen molar-refractivity contribution in [2.75, 3.05) is 13.1 Å². The van der Waals surface area contributed by atoms with Crippen LogP contribution in [0.5, 0.6) is 0 Å². The molecule has 1 unspecified atom stereocenters. The summed E-state index contributed by atoms with van der Waals surface area (Å²) >= 11 is 0. The minimum absolute atomic E-state index is 0.110. The van der Waals surface area contributed by atoms with Gasteiger partial charge in [0.25, 0.3) is 0 Å². The Hall–Kier alpha value is -0.890. The van der Waals surface area contributed by atoms with Gasteiger partial charge in [-0.1, -0.05) is 13.0 Å². The summed E-state index contributed by atoms with van der Waals surface area (Å²) < 4.78 is 13.3. The number of hydrogen-bond donors (Lipinski definition) is 1. The van der Waals surface area contributed by atoms with Gasteiger partial charge in [-0.2, -0.15) is 0 Å². The van der Waals surface area contributed by atoms with Gasteiger partial charge in [-0.15, -0.1) is 0 Å². The number of halogens is 1. The molecule has 0 aliphatic carbocycles. The monoisotopic (exact) mass is 221 g/mol. The summed E-state index contributed by atoms with van der Waals surface area (Å²) in [6.45, 7) is 6.51. The van der Waals surface area contributed by atoms with Gasteiger partial charge in [-0.05, 0) is 68.0 Å². The largest absolute Gasteiger partial charge is 0.317 e. The minimum Gasteiger partial charge on any atom is -0.317 e. The van der Waals surface area contributed by atoms with Crippen molar-refractivity contribution >= 4 is 0 Å². The second-order valence-corrected chi connectivity index (χ2v) is 4.88. The Bertz CT molecular complexity index is 356. The lowest BCUT2D eigenvalue weighted by molar-refractivity contribution is 0.329. The topological polar surface area (TPSA) is 12.0 Å². The maximum atomic E-state index is 13.3. The van der Waals surface area contributed by atoms with E-state index < -0.39 is 0 Å². The van der Waals surface area contributed by atoms with Crippen LogP contribution in [0, 0.1) is 18.7 Å². The zero-order chi connectivity index (χ0) is 11.5. The second-order valence-electron chi connectivity index (χ2n) is 4.88. The molecule has 88 valence electrons. The lowest BCUT2D eigenvalue weighted by Crippen LogP contribution is -2.30. The zero-order valence-electron chi connectivity index (χ0n) is 10.1. The van der Waals surface area contributed by atoms with Crippen LogP contribution in [0.25, 0.3) is 0 Å². The third-order valence-corrected chi connectivity index (χ3v) is 3.82. The normalized spacial score (nSPS) is 19.7. The molecule has 0 aromatic heterocycles. The highest BCUT2D eigenvalue weighted by atomic mass is 19.1. The quantitative estimate of drug-likeness (QED) is 0.808. The second kappa shape index (κ2) is 4.96. The zero-order valence-corrected chi connectivity index (χ0v) is 10.1. The van der Waals surface area contributed by atoms with Gasteiger partial charge in [-0.25, -0.2) is 4.39 Å². The average Bonchev–Trinajstić information content (AvgIpc) is 2.32. The fourth-order valence-corrected chi connectivity index (χ4v) is 2.70.